The average Bonchev–Trinajstić information content (AvgIpc) is 2.76. The average molecular weight is 471 g/mol. The second-order valence-corrected chi connectivity index (χ2v) is 9.58. The lowest BCUT2D eigenvalue weighted by Crippen LogP contribution is -2.38. The van der Waals surface area contributed by atoms with E-state index in [1.165, 1.54) is 12.1 Å². The van der Waals surface area contributed by atoms with Crippen molar-refractivity contribution in [1.82, 2.24) is 0 Å². The van der Waals surface area contributed by atoms with E-state index in [1.807, 2.05) is 39.8 Å². The summed E-state index contributed by atoms with van der Waals surface area (Å²) in [5, 5.41) is 2.84. The Hall–Kier alpha value is -3.39. The first-order valence-corrected chi connectivity index (χ1v) is 11.9. The molecule has 174 valence electrons. The van der Waals surface area contributed by atoms with E-state index in [1.54, 1.807) is 24.3 Å². The molecule has 6 nitrogen and oxygen atoms in total. The number of carbonyl (C=O) groups is 1. The van der Waals surface area contributed by atoms with Crippen LogP contribution in [0.15, 0.2) is 65.6 Å². The van der Waals surface area contributed by atoms with Crippen LogP contribution in [0.4, 0.5) is 15.8 Å². The normalized spacial score (nSPS) is 11.2. The van der Waals surface area contributed by atoms with Gasteiger partial charge in [-0.3, -0.25) is 9.10 Å². The highest BCUT2D eigenvalue weighted by molar-refractivity contribution is 7.92. The monoisotopic (exact) mass is 470 g/mol. The number of anilines is 2. The Kier molecular flexibility index (Phi) is 7.38. The van der Waals surface area contributed by atoms with Gasteiger partial charge in [0.25, 0.3) is 10.0 Å². The minimum absolute atomic E-state index is 0.117. The second kappa shape index (κ2) is 10.0. The number of hydrogen-bond donors (Lipinski definition) is 1. The van der Waals surface area contributed by atoms with Gasteiger partial charge in [-0.15, -0.1) is 0 Å². The number of nitrogens with zero attached hydrogens (tertiary/aromatic N) is 1. The molecule has 0 spiro atoms. The highest BCUT2D eigenvalue weighted by Gasteiger charge is 2.27. The van der Waals surface area contributed by atoms with Gasteiger partial charge >= 0.3 is 0 Å². The molecule has 0 aliphatic rings. The van der Waals surface area contributed by atoms with E-state index in [0.717, 1.165) is 33.1 Å². The zero-order chi connectivity index (χ0) is 24.2. The van der Waals surface area contributed by atoms with Gasteiger partial charge in [0, 0.05) is 5.69 Å². The summed E-state index contributed by atoms with van der Waals surface area (Å²) in [6.45, 7) is 7.59. The largest absolute Gasteiger partial charge is 0.494 e. The molecule has 3 aromatic carbocycles. The number of rotatable bonds is 8. The quantitative estimate of drug-likeness (QED) is 0.504. The van der Waals surface area contributed by atoms with E-state index in [0.29, 0.717) is 18.0 Å². The Labute approximate surface area is 194 Å². The standard InChI is InChI=1S/C25H27FN2O4S/c1-5-32-22-10-8-21(9-11-22)28(33(30,31)23-12-6-20(26)7-13-23)16-24(29)27-25-18(3)14-17(2)15-19(25)4/h6-15H,5,16H2,1-4H3,(H,27,29). The van der Waals surface area contributed by atoms with Crippen LogP contribution >= 0.6 is 0 Å². The number of aryl methyl sites for hydroxylation is 3. The first kappa shape index (κ1) is 24.3. The molecule has 33 heavy (non-hydrogen) atoms. The van der Waals surface area contributed by atoms with E-state index in [-0.39, 0.29) is 10.6 Å². The molecule has 0 heterocycles. The van der Waals surface area contributed by atoms with Gasteiger partial charge in [-0.1, -0.05) is 17.7 Å². The van der Waals surface area contributed by atoms with Gasteiger partial charge in [0.2, 0.25) is 5.91 Å². The lowest BCUT2D eigenvalue weighted by molar-refractivity contribution is -0.114. The lowest BCUT2D eigenvalue weighted by Gasteiger charge is -2.25. The highest BCUT2D eigenvalue weighted by Crippen LogP contribution is 2.27. The van der Waals surface area contributed by atoms with E-state index >= 15 is 0 Å². The number of sulfonamides is 1. The number of hydrogen-bond acceptors (Lipinski definition) is 4. The van der Waals surface area contributed by atoms with Gasteiger partial charge in [0.15, 0.2) is 0 Å². The summed E-state index contributed by atoms with van der Waals surface area (Å²) in [6.07, 6.45) is 0. The first-order chi connectivity index (χ1) is 15.6. The third kappa shape index (κ3) is 5.70. The molecule has 0 bridgehead atoms. The Bertz CT molecular complexity index is 1220. The summed E-state index contributed by atoms with van der Waals surface area (Å²) in [7, 11) is -4.15. The second-order valence-electron chi connectivity index (χ2n) is 7.71. The van der Waals surface area contributed by atoms with Gasteiger partial charge in [0.05, 0.1) is 17.2 Å². The molecule has 0 saturated heterocycles. The molecule has 1 amide bonds. The van der Waals surface area contributed by atoms with Crippen molar-refractivity contribution in [2.45, 2.75) is 32.6 Å². The molecule has 0 unspecified atom stereocenters. The molecule has 0 atom stereocenters. The minimum atomic E-state index is -4.15. The molecular weight excluding hydrogens is 443 g/mol. The Balaban J connectivity index is 1.96. The van der Waals surface area contributed by atoms with Crippen molar-refractivity contribution < 1.29 is 22.3 Å². The van der Waals surface area contributed by atoms with Gasteiger partial charge < -0.3 is 10.1 Å². The zero-order valence-electron chi connectivity index (χ0n) is 19.1. The van der Waals surface area contributed by atoms with Crippen LogP contribution in [-0.2, 0) is 14.8 Å². The summed E-state index contributed by atoms with van der Waals surface area (Å²) in [6, 6.07) is 14.8. The molecule has 1 N–H and O–H groups in total. The topological polar surface area (TPSA) is 75.7 Å². The molecule has 0 aromatic heterocycles. The van der Waals surface area contributed by atoms with Gasteiger partial charge in [-0.2, -0.15) is 0 Å². The van der Waals surface area contributed by atoms with E-state index in [4.69, 9.17) is 4.74 Å². The van der Waals surface area contributed by atoms with Crippen LogP contribution in [0, 0.1) is 26.6 Å². The molecule has 3 rings (SSSR count). The van der Waals surface area contributed by atoms with Crippen LogP contribution in [0.1, 0.15) is 23.6 Å². The van der Waals surface area contributed by atoms with E-state index < -0.39 is 28.3 Å². The van der Waals surface area contributed by atoms with Crippen molar-refractivity contribution in [2.75, 3.05) is 22.8 Å². The Morgan fingerprint density at radius 3 is 2.09 bits per heavy atom. The minimum Gasteiger partial charge on any atom is -0.494 e. The van der Waals surface area contributed by atoms with Crippen LogP contribution < -0.4 is 14.4 Å². The number of halogens is 1. The van der Waals surface area contributed by atoms with Crippen LogP contribution in [0.2, 0.25) is 0 Å². The molecule has 0 aliphatic heterocycles. The first-order valence-electron chi connectivity index (χ1n) is 10.5. The Morgan fingerprint density at radius 2 is 1.55 bits per heavy atom. The zero-order valence-corrected chi connectivity index (χ0v) is 19.9. The molecular formula is C25H27FN2O4S. The summed E-state index contributed by atoms with van der Waals surface area (Å²) in [5.74, 6) is -0.468. The van der Waals surface area contributed by atoms with Crippen LogP contribution in [0.25, 0.3) is 0 Å². The maximum Gasteiger partial charge on any atom is 0.264 e. The maximum absolute atomic E-state index is 13.4. The lowest BCUT2D eigenvalue weighted by atomic mass is 10.1. The van der Waals surface area contributed by atoms with Crippen molar-refractivity contribution in [3.63, 3.8) is 0 Å². The number of carbonyl (C=O) groups excluding carboxylic acids is 1. The van der Waals surface area contributed by atoms with Crippen LogP contribution in [0.5, 0.6) is 5.75 Å². The van der Waals surface area contributed by atoms with E-state index in [2.05, 4.69) is 5.32 Å². The fourth-order valence-corrected chi connectivity index (χ4v) is 5.03. The van der Waals surface area contributed by atoms with Crippen molar-refractivity contribution in [3.8, 4) is 5.75 Å². The molecule has 0 aliphatic carbocycles. The molecule has 3 aromatic rings. The number of nitrogens with one attached hydrogen (secondary N) is 1. The van der Waals surface area contributed by atoms with Crippen molar-refractivity contribution in [3.05, 3.63) is 83.2 Å². The SMILES string of the molecule is CCOc1ccc(N(CC(=O)Nc2c(C)cc(C)cc2C)S(=O)(=O)c2ccc(F)cc2)cc1. The van der Waals surface area contributed by atoms with Gasteiger partial charge in [0.1, 0.15) is 18.1 Å². The number of amides is 1. The fraction of sp³-hybridized carbons (Fsp3) is 0.240. The van der Waals surface area contributed by atoms with Crippen molar-refractivity contribution in [1.29, 1.82) is 0 Å². The summed E-state index contributed by atoms with van der Waals surface area (Å²) in [4.78, 5) is 12.9. The maximum atomic E-state index is 13.4. The predicted molar refractivity (Wildman–Crippen MR) is 128 cm³/mol. The molecule has 8 heteroatoms. The van der Waals surface area contributed by atoms with E-state index in [9.17, 15) is 17.6 Å². The Morgan fingerprint density at radius 1 is 0.970 bits per heavy atom. The predicted octanol–water partition coefficient (Wildman–Crippen LogP) is 4.98. The molecule has 0 fully saturated rings. The van der Waals surface area contributed by atoms with Crippen LogP contribution in [-0.4, -0.2) is 27.5 Å². The van der Waals surface area contributed by atoms with Crippen LogP contribution in [0.3, 0.4) is 0 Å². The molecule has 0 saturated carbocycles. The van der Waals surface area contributed by atoms with Gasteiger partial charge in [-0.25, -0.2) is 12.8 Å². The fourth-order valence-electron chi connectivity index (χ4n) is 3.61. The molecule has 0 radical (unpaired) electrons. The third-order valence-electron chi connectivity index (χ3n) is 5.07. The highest BCUT2D eigenvalue weighted by atomic mass is 32.2. The smallest absolute Gasteiger partial charge is 0.264 e. The third-order valence-corrected chi connectivity index (χ3v) is 6.85. The van der Waals surface area contributed by atoms with Gasteiger partial charge in [-0.05, 0) is 87.4 Å². The van der Waals surface area contributed by atoms with Crippen molar-refractivity contribution in [2.24, 2.45) is 0 Å². The number of benzene rings is 3. The number of ether oxygens (including phenoxy) is 1. The summed E-state index contributed by atoms with van der Waals surface area (Å²) in [5.41, 5.74) is 3.77. The summed E-state index contributed by atoms with van der Waals surface area (Å²) >= 11 is 0. The van der Waals surface area contributed by atoms with Crippen molar-refractivity contribution >= 4 is 27.3 Å². The summed E-state index contributed by atoms with van der Waals surface area (Å²) < 4.78 is 46.6.